The van der Waals surface area contributed by atoms with Crippen molar-refractivity contribution in [1.29, 1.82) is 0 Å². The zero-order chi connectivity index (χ0) is 15.6. The van der Waals surface area contributed by atoms with E-state index in [0.29, 0.717) is 23.1 Å². The molecule has 0 unspecified atom stereocenters. The van der Waals surface area contributed by atoms with Gasteiger partial charge in [-0.2, -0.15) is 0 Å². The maximum atomic E-state index is 10.7. The van der Waals surface area contributed by atoms with E-state index in [1.807, 2.05) is 16.7 Å². The van der Waals surface area contributed by atoms with Gasteiger partial charge in [-0.3, -0.25) is 0 Å². The molecule has 1 N–H and O–H groups in total. The fraction of sp³-hybridized carbons (Fsp3) is 0.143. The van der Waals surface area contributed by atoms with Gasteiger partial charge in [0.05, 0.1) is 12.2 Å². The molecule has 2 rings (SSSR count). The Labute approximate surface area is 140 Å². The molecule has 1 aromatic heterocycles. The third kappa shape index (κ3) is 3.87. The molecule has 1 aromatic carbocycles. The maximum absolute atomic E-state index is 10.7. The van der Waals surface area contributed by atoms with Gasteiger partial charge in [0.15, 0.2) is 5.15 Å². The first-order valence-electron chi connectivity index (χ1n) is 5.96. The highest BCUT2D eigenvalue weighted by atomic mass is 79.9. The normalized spacial score (nSPS) is 11.2. The van der Waals surface area contributed by atoms with E-state index in [0.717, 1.165) is 16.1 Å². The van der Waals surface area contributed by atoms with E-state index in [1.54, 1.807) is 13.0 Å². The highest BCUT2D eigenvalue weighted by Gasteiger charge is 2.13. The van der Waals surface area contributed by atoms with Gasteiger partial charge in [-0.05, 0) is 30.7 Å². The number of hydrogen-bond donors (Lipinski definition) is 1. The molecule has 0 aliphatic carbocycles. The standard InChI is InChI=1S/C14H11BrCl2N2O2/c1-8-18-14(17)12(4-5-13(20)21)19(8)7-9-2-3-10(15)6-11(9)16/h2-6H,7H2,1H3,(H,20,21)/b5-4+. The molecule has 0 spiro atoms. The number of aryl methyl sites for hydroxylation is 1. The minimum atomic E-state index is -1.04. The van der Waals surface area contributed by atoms with E-state index in [2.05, 4.69) is 20.9 Å². The Morgan fingerprint density at radius 3 is 2.81 bits per heavy atom. The average Bonchev–Trinajstić information content (AvgIpc) is 2.65. The summed E-state index contributed by atoms with van der Waals surface area (Å²) in [6.07, 6.45) is 2.46. The second kappa shape index (κ2) is 6.64. The van der Waals surface area contributed by atoms with Crippen LogP contribution in [0.2, 0.25) is 10.2 Å². The second-order valence-corrected chi connectivity index (χ2v) is 6.01. The SMILES string of the molecule is Cc1nc(Cl)c(/C=C/C(=O)O)n1Cc1ccc(Br)cc1Cl. The summed E-state index contributed by atoms with van der Waals surface area (Å²) in [5, 5.41) is 9.62. The molecular formula is C14H11BrCl2N2O2. The van der Waals surface area contributed by atoms with E-state index in [1.165, 1.54) is 6.08 Å². The summed E-state index contributed by atoms with van der Waals surface area (Å²) in [7, 11) is 0. The number of aliphatic carboxylic acids is 1. The van der Waals surface area contributed by atoms with Gasteiger partial charge in [-0.15, -0.1) is 0 Å². The fourth-order valence-electron chi connectivity index (χ4n) is 1.87. The maximum Gasteiger partial charge on any atom is 0.328 e. The number of aromatic nitrogens is 2. The Kier molecular flexibility index (Phi) is 5.08. The molecule has 0 fully saturated rings. The lowest BCUT2D eigenvalue weighted by Crippen LogP contribution is -2.05. The first-order valence-corrected chi connectivity index (χ1v) is 7.51. The lowest BCUT2D eigenvalue weighted by Gasteiger charge is -2.10. The molecule has 0 amide bonds. The number of carboxylic acids is 1. The van der Waals surface area contributed by atoms with Gasteiger partial charge in [0.25, 0.3) is 0 Å². The smallest absolute Gasteiger partial charge is 0.328 e. The molecular weight excluding hydrogens is 379 g/mol. The van der Waals surface area contributed by atoms with E-state index in [9.17, 15) is 4.79 Å². The average molecular weight is 390 g/mol. The third-order valence-electron chi connectivity index (χ3n) is 2.88. The van der Waals surface area contributed by atoms with E-state index in [-0.39, 0.29) is 5.15 Å². The van der Waals surface area contributed by atoms with Crippen molar-refractivity contribution in [3.8, 4) is 0 Å². The van der Waals surface area contributed by atoms with Crippen LogP contribution in [0.5, 0.6) is 0 Å². The molecule has 0 radical (unpaired) electrons. The molecule has 21 heavy (non-hydrogen) atoms. The van der Waals surface area contributed by atoms with E-state index in [4.69, 9.17) is 28.3 Å². The van der Waals surface area contributed by atoms with Crippen LogP contribution in [0, 0.1) is 6.92 Å². The molecule has 1 heterocycles. The van der Waals surface area contributed by atoms with E-state index < -0.39 is 5.97 Å². The van der Waals surface area contributed by atoms with Crippen molar-refractivity contribution in [3.05, 3.63) is 56.0 Å². The zero-order valence-corrected chi connectivity index (χ0v) is 14.1. The van der Waals surface area contributed by atoms with Gasteiger partial charge >= 0.3 is 5.97 Å². The van der Waals surface area contributed by atoms with Crippen molar-refractivity contribution in [2.45, 2.75) is 13.5 Å². The van der Waals surface area contributed by atoms with Crippen molar-refractivity contribution in [3.63, 3.8) is 0 Å². The predicted octanol–water partition coefficient (Wildman–Crippen LogP) is 4.41. The van der Waals surface area contributed by atoms with Crippen LogP contribution in [-0.4, -0.2) is 20.6 Å². The summed E-state index contributed by atoms with van der Waals surface area (Å²) < 4.78 is 2.71. The van der Waals surface area contributed by atoms with Gasteiger partial charge in [-0.1, -0.05) is 45.2 Å². The molecule has 2 aromatic rings. The summed E-state index contributed by atoms with van der Waals surface area (Å²) in [6, 6.07) is 5.59. The number of hydrogen-bond acceptors (Lipinski definition) is 2. The summed E-state index contributed by atoms with van der Waals surface area (Å²) >= 11 is 15.6. The number of carboxylic acid groups (broad SMARTS) is 1. The number of rotatable bonds is 4. The van der Waals surface area contributed by atoms with Crippen molar-refractivity contribution in [2.75, 3.05) is 0 Å². The molecule has 0 atom stereocenters. The van der Waals surface area contributed by atoms with Crippen LogP contribution in [0.1, 0.15) is 17.1 Å². The van der Waals surface area contributed by atoms with E-state index >= 15 is 0 Å². The van der Waals surface area contributed by atoms with Crippen molar-refractivity contribution >= 4 is 51.2 Å². The fourth-order valence-corrected chi connectivity index (χ4v) is 2.89. The van der Waals surface area contributed by atoms with Crippen molar-refractivity contribution < 1.29 is 9.90 Å². The Morgan fingerprint density at radius 2 is 2.19 bits per heavy atom. The third-order valence-corrected chi connectivity index (χ3v) is 4.00. The van der Waals surface area contributed by atoms with Crippen LogP contribution in [0.4, 0.5) is 0 Å². The number of halogens is 3. The summed E-state index contributed by atoms with van der Waals surface area (Å²) in [4.78, 5) is 14.8. The minimum Gasteiger partial charge on any atom is -0.478 e. The van der Waals surface area contributed by atoms with Gasteiger partial charge in [0.1, 0.15) is 5.82 Å². The lowest BCUT2D eigenvalue weighted by atomic mass is 10.2. The van der Waals surface area contributed by atoms with Gasteiger partial charge < -0.3 is 9.67 Å². The Hall–Kier alpha value is -1.30. The Morgan fingerprint density at radius 1 is 1.48 bits per heavy atom. The molecule has 0 bridgehead atoms. The van der Waals surface area contributed by atoms with Gasteiger partial charge in [0, 0.05) is 15.6 Å². The largest absolute Gasteiger partial charge is 0.478 e. The summed E-state index contributed by atoms with van der Waals surface area (Å²) in [5.41, 5.74) is 1.43. The monoisotopic (exact) mass is 388 g/mol. The van der Waals surface area contributed by atoms with Gasteiger partial charge in [-0.25, -0.2) is 9.78 Å². The molecule has 0 saturated carbocycles. The summed E-state index contributed by atoms with van der Waals surface area (Å²) in [5.74, 6) is -0.359. The van der Waals surface area contributed by atoms with Crippen LogP contribution in [0.15, 0.2) is 28.7 Å². The van der Waals surface area contributed by atoms with Crippen LogP contribution in [-0.2, 0) is 11.3 Å². The van der Waals surface area contributed by atoms with Gasteiger partial charge in [0.2, 0.25) is 0 Å². The quantitative estimate of drug-likeness (QED) is 0.788. The molecule has 0 aliphatic rings. The first kappa shape index (κ1) is 16.1. The number of imidazole rings is 1. The molecule has 4 nitrogen and oxygen atoms in total. The Bertz CT molecular complexity index is 726. The number of nitrogens with zero attached hydrogens (tertiary/aromatic N) is 2. The Balaban J connectivity index is 2.41. The number of carbonyl (C=O) groups is 1. The number of benzene rings is 1. The first-order chi connectivity index (χ1) is 9.88. The molecule has 7 heteroatoms. The minimum absolute atomic E-state index is 0.262. The molecule has 0 saturated heterocycles. The second-order valence-electron chi connectivity index (χ2n) is 4.33. The zero-order valence-electron chi connectivity index (χ0n) is 11.0. The highest BCUT2D eigenvalue weighted by molar-refractivity contribution is 9.10. The highest BCUT2D eigenvalue weighted by Crippen LogP contribution is 2.25. The molecule has 0 aliphatic heterocycles. The van der Waals surface area contributed by atoms with Crippen LogP contribution in [0.25, 0.3) is 6.08 Å². The summed E-state index contributed by atoms with van der Waals surface area (Å²) in [6.45, 7) is 2.26. The topological polar surface area (TPSA) is 55.1 Å². The lowest BCUT2D eigenvalue weighted by molar-refractivity contribution is -0.131. The molecule has 110 valence electrons. The van der Waals surface area contributed by atoms with Crippen LogP contribution in [0.3, 0.4) is 0 Å². The van der Waals surface area contributed by atoms with Crippen LogP contribution < -0.4 is 0 Å². The van der Waals surface area contributed by atoms with Crippen molar-refractivity contribution in [2.24, 2.45) is 0 Å². The van der Waals surface area contributed by atoms with Crippen molar-refractivity contribution in [1.82, 2.24) is 9.55 Å². The predicted molar refractivity (Wildman–Crippen MR) is 86.9 cm³/mol. The van der Waals surface area contributed by atoms with Crippen LogP contribution >= 0.6 is 39.1 Å².